The predicted molar refractivity (Wildman–Crippen MR) is 134 cm³/mol. The van der Waals surface area contributed by atoms with Crippen molar-refractivity contribution in [3.05, 3.63) is 74.4 Å². The van der Waals surface area contributed by atoms with Crippen molar-refractivity contribution < 1.29 is 22.4 Å². The van der Waals surface area contributed by atoms with Crippen molar-refractivity contribution in [1.29, 1.82) is 5.26 Å². The first-order chi connectivity index (χ1) is 17.0. The van der Waals surface area contributed by atoms with Crippen LogP contribution < -0.4 is 11.1 Å². The minimum absolute atomic E-state index is 0.0467. The second-order valence-electron chi connectivity index (χ2n) is 7.73. The van der Waals surface area contributed by atoms with E-state index in [4.69, 9.17) is 11.0 Å². The van der Waals surface area contributed by atoms with Gasteiger partial charge in [-0.3, -0.25) is 9.79 Å². The SMILES string of the molecule is CN=C/C(=C(\N)C(F)(F)F)c1ccccc1F.CNC/C=C/C(=O)N1CCc2c(sc(C#N)c2C)C1. The summed E-state index contributed by atoms with van der Waals surface area (Å²) in [6.07, 6.45) is 0.469. The zero-order valence-corrected chi connectivity index (χ0v) is 20.9. The molecule has 6 nitrogen and oxygen atoms in total. The number of benzene rings is 1. The molecule has 1 aromatic carbocycles. The second kappa shape index (κ2) is 13.0. The lowest BCUT2D eigenvalue weighted by Crippen LogP contribution is -2.34. The van der Waals surface area contributed by atoms with Gasteiger partial charge in [0.1, 0.15) is 22.5 Å². The molecule has 0 saturated carbocycles. The summed E-state index contributed by atoms with van der Waals surface area (Å²) >= 11 is 1.52. The molecule has 0 atom stereocenters. The Morgan fingerprint density at radius 1 is 1.36 bits per heavy atom. The van der Waals surface area contributed by atoms with Crippen LogP contribution in [0.2, 0.25) is 0 Å². The quantitative estimate of drug-likeness (QED) is 0.348. The van der Waals surface area contributed by atoms with Crippen LogP contribution >= 0.6 is 11.3 Å². The smallest absolute Gasteiger partial charge is 0.394 e. The first kappa shape index (κ1) is 28.7. The maximum absolute atomic E-state index is 13.4. The summed E-state index contributed by atoms with van der Waals surface area (Å²) in [4.78, 5) is 19.2. The van der Waals surface area contributed by atoms with E-state index >= 15 is 0 Å². The molecule has 11 heteroatoms. The van der Waals surface area contributed by atoms with Gasteiger partial charge in [0, 0.05) is 48.4 Å². The summed E-state index contributed by atoms with van der Waals surface area (Å²) in [6, 6.07) is 7.30. The molecule has 36 heavy (non-hydrogen) atoms. The number of hydrogen-bond donors (Lipinski definition) is 2. The average Bonchev–Trinajstić information content (AvgIpc) is 3.17. The number of thiophene rings is 1. The van der Waals surface area contributed by atoms with Gasteiger partial charge in [0.25, 0.3) is 0 Å². The molecule has 1 aromatic heterocycles. The number of aliphatic imine (C=N–C) groups is 1. The molecule has 0 saturated heterocycles. The van der Waals surface area contributed by atoms with E-state index in [2.05, 4.69) is 16.4 Å². The third-order valence-corrected chi connectivity index (χ3v) is 6.56. The predicted octanol–water partition coefficient (Wildman–Crippen LogP) is 4.35. The molecule has 0 unspecified atom stereocenters. The number of nitrogens with one attached hydrogen (secondary N) is 1. The Hall–Kier alpha value is -3.49. The molecule has 3 N–H and O–H groups in total. The molecule has 0 spiro atoms. The van der Waals surface area contributed by atoms with E-state index in [-0.39, 0.29) is 11.5 Å². The number of amides is 1. The third-order valence-electron chi connectivity index (χ3n) is 5.33. The second-order valence-corrected chi connectivity index (χ2v) is 8.84. The Morgan fingerprint density at radius 3 is 2.64 bits per heavy atom. The molecule has 1 aliphatic rings. The van der Waals surface area contributed by atoms with Gasteiger partial charge in [0.05, 0.1) is 6.54 Å². The lowest BCUT2D eigenvalue weighted by Gasteiger charge is -2.26. The zero-order chi connectivity index (χ0) is 26.9. The summed E-state index contributed by atoms with van der Waals surface area (Å²) < 4.78 is 50.8. The highest BCUT2D eigenvalue weighted by molar-refractivity contribution is 7.12. The van der Waals surface area contributed by atoms with Crippen molar-refractivity contribution in [3.63, 3.8) is 0 Å². The average molecular weight is 522 g/mol. The highest BCUT2D eigenvalue weighted by Gasteiger charge is 2.34. The van der Waals surface area contributed by atoms with E-state index in [0.717, 1.165) is 40.6 Å². The van der Waals surface area contributed by atoms with E-state index in [1.165, 1.54) is 42.1 Å². The number of nitrogens with two attached hydrogens (primary N) is 1. The van der Waals surface area contributed by atoms with Crippen LogP contribution in [0.3, 0.4) is 0 Å². The molecule has 192 valence electrons. The van der Waals surface area contributed by atoms with Crippen molar-refractivity contribution in [2.24, 2.45) is 10.7 Å². The maximum Gasteiger partial charge on any atom is 0.431 e. The number of rotatable bonds is 5. The molecule has 1 amide bonds. The monoisotopic (exact) mass is 521 g/mol. The molecule has 0 radical (unpaired) electrons. The largest absolute Gasteiger partial charge is 0.431 e. The van der Waals surface area contributed by atoms with Gasteiger partial charge in [-0.1, -0.05) is 24.3 Å². The number of alkyl halides is 3. The fourth-order valence-electron chi connectivity index (χ4n) is 3.48. The summed E-state index contributed by atoms with van der Waals surface area (Å²) in [7, 11) is 3.13. The summed E-state index contributed by atoms with van der Waals surface area (Å²) in [6.45, 7) is 4.06. The van der Waals surface area contributed by atoms with Gasteiger partial charge in [-0.2, -0.15) is 18.4 Å². The van der Waals surface area contributed by atoms with E-state index in [1.807, 2.05) is 24.9 Å². The van der Waals surface area contributed by atoms with E-state index in [1.54, 1.807) is 6.08 Å². The van der Waals surface area contributed by atoms with Crippen LogP contribution in [0.25, 0.3) is 5.57 Å². The lowest BCUT2D eigenvalue weighted by atomic mass is 10.0. The number of fused-ring (bicyclic) bond motifs is 1. The molecule has 1 aliphatic heterocycles. The molecular weight excluding hydrogens is 494 g/mol. The van der Waals surface area contributed by atoms with Gasteiger partial charge in [-0.25, -0.2) is 4.39 Å². The summed E-state index contributed by atoms with van der Waals surface area (Å²) in [5.41, 5.74) is 5.27. The van der Waals surface area contributed by atoms with Gasteiger partial charge in [0.15, 0.2) is 0 Å². The number of carbonyl (C=O) groups excluding carboxylic acids is 1. The number of nitriles is 1. The van der Waals surface area contributed by atoms with Gasteiger partial charge >= 0.3 is 6.18 Å². The lowest BCUT2D eigenvalue weighted by molar-refractivity contribution is -0.126. The van der Waals surface area contributed by atoms with E-state index in [0.29, 0.717) is 13.1 Å². The Labute approximate surface area is 211 Å². The zero-order valence-electron chi connectivity index (χ0n) is 20.1. The van der Waals surface area contributed by atoms with Gasteiger partial charge in [-0.05, 0) is 37.6 Å². The van der Waals surface area contributed by atoms with Gasteiger partial charge in [-0.15, -0.1) is 11.3 Å². The van der Waals surface area contributed by atoms with E-state index in [9.17, 15) is 22.4 Å². The number of likely N-dealkylation sites (N-methyl/N-ethyl adjacent to an activating group) is 1. The number of allylic oxidation sites excluding steroid dienone is 2. The van der Waals surface area contributed by atoms with Crippen molar-refractivity contribution >= 4 is 29.0 Å². The van der Waals surface area contributed by atoms with Gasteiger partial charge < -0.3 is 16.0 Å². The first-order valence-electron chi connectivity index (χ1n) is 10.9. The van der Waals surface area contributed by atoms with Crippen molar-refractivity contribution in [2.45, 2.75) is 26.1 Å². The van der Waals surface area contributed by atoms with Crippen molar-refractivity contribution in [1.82, 2.24) is 10.2 Å². The fraction of sp³-hybridized carbons (Fsp3) is 0.320. The first-order valence-corrected chi connectivity index (χ1v) is 11.7. The molecule has 2 heterocycles. The number of halogens is 4. The van der Waals surface area contributed by atoms with Crippen LogP contribution in [0.4, 0.5) is 17.6 Å². The van der Waals surface area contributed by atoms with Crippen LogP contribution in [0.5, 0.6) is 0 Å². The summed E-state index contributed by atoms with van der Waals surface area (Å²) in [5, 5.41) is 12.0. The minimum Gasteiger partial charge on any atom is -0.394 e. The van der Waals surface area contributed by atoms with E-state index < -0.39 is 23.3 Å². The topological polar surface area (TPSA) is 94.5 Å². The molecule has 0 bridgehead atoms. The normalized spacial score (nSPS) is 14.2. The van der Waals surface area contributed by atoms with Crippen molar-refractivity contribution in [3.8, 4) is 6.07 Å². The number of hydrogen-bond acceptors (Lipinski definition) is 6. The molecular formula is C25H27F4N5OS. The fourth-order valence-corrected chi connectivity index (χ4v) is 4.65. The van der Waals surface area contributed by atoms with Crippen LogP contribution in [0.15, 0.2) is 47.1 Å². The van der Waals surface area contributed by atoms with Crippen LogP contribution in [0.1, 0.15) is 26.4 Å². The van der Waals surface area contributed by atoms with Crippen LogP contribution in [0, 0.1) is 24.1 Å². The standard InChI is InChI=1S/C14H17N3OS.C11H10F4N2/c1-10-11-5-7-17(14(18)4-3-6-16-2)9-13(11)19-12(10)8-15;1-17-6-8(10(16)11(13,14)15)7-4-2-3-5-9(7)12/h3-4,16H,5-7,9H2,1-2H3;2-6H,16H2,1H3/b4-3+;10-8+,17-6?. The molecule has 0 fully saturated rings. The Morgan fingerprint density at radius 2 is 2.06 bits per heavy atom. The van der Waals surface area contributed by atoms with Crippen molar-refractivity contribution in [2.75, 3.05) is 27.2 Å². The van der Waals surface area contributed by atoms with Gasteiger partial charge in [0.2, 0.25) is 5.91 Å². The molecule has 0 aliphatic carbocycles. The number of carbonyl (C=O) groups is 1. The highest BCUT2D eigenvalue weighted by atomic mass is 32.1. The third kappa shape index (κ3) is 7.26. The summed E-state index contributed by atoms with van der Waals surface area (Å²) in [5.74, 6) is -0.736. The van der Waals surface area contributed by atoms with Crippen LogP contribution in [-0.2, 0) is 17.8 Å². The molecule has 2 aromatic rings. The highest BCUT2D eigenvalue weighted by Crippen LogP contribution is 2.32. The van der Waals surface area contributed by atoms with Crippen LogP contribution in [-0.4, -0.2) is 50.4 Å². The molecule has 3 rings (SSSR count). The maximum atomic E-state index is 13.4. The number of nitrogens with zero attached hydrogens (tertiary/aromatic N) is 3. The minimum atomic E-state index is -4.72. The Balaban J connectivity index is 0.000000255. The Kier molecular flexibility index (Phi) is 10.4. The Bertz CT molecular complexity index is 1210.